The lowest BCUT2D eigenvalue weighted by molar-refractivity contribution is -0.385. The number of likely N-dealkylation sites (tertiary alicyclic amines) is 1. The van der Waals surface area contributed by atoms with Crippen molar-refractivity contribution in [2.75, 3.05) is 25.0 Å². The van der Waals surface area contributed by atoms with Gasteiger partial charge in [-0.2, -0.15) is 5.26 Å². The Kier molecular flexibility index (Phi) is 4.53. The molecule has 1 unspecified atom stereocenters. The summed E-state index contributed by atoms with van der Waals surface area (Å²) in [6.07, 6.45) is 2.35. The number of nitrogens with zero attached hydrogens (tertiary/aromatic N) is 3. The molecule has 1 aliphatic rings. The first-order valence-electron chi connectivity index (χ1n) is 6.82. The lowest BCUT2D eigenvalue weighted by Crippen LogP contribution is -2.34. The molecule has 6 heteroatoms. The van der Waals surface area contributed by atoms with E-state index in [1.165, 1.54) is 18.6 Å². The van der Waals surface area contributed by atoms with Gasteiger partial charge in [0.25, 0.3) is 5.69 Å². The van der Waals surface area contributed by atoms with E-state index in [0.29, 0.717) is 11.7 Å². The van der Waals surface area contributed by atoms with Gasteiger partial charge in [0, 0.05) is 24.3 Å². The van der Waals surface area contributed by atoms with Gasteiger partial charge >= 0.3 is 0 Å². The van der Waals surface area contributed by atoms with Gasteiger partial charge in [0.2, 0.25) is 0 Å². The van der Waals surface area contributed by atoms with Gasteiger partial charge in [-0.05, 0) is 38.1 Å². The van der Waals surface area contributed by atoms with E-state index in [2.05, 4.69) is 17.1 Å². The smallest absolute Gasteiger partial charge is 0.289 e. The van der Waals surface area contributed by atoms with Gasteiger partial charge in [-0.15, -0.1) is 0 Å². The highest BCUT2D eigenvalue weighted by Crippen LogP contribution is 2.23. The Balaban J connectivity index is 2.05. The predicted octanol–water partition coefficient (Wildman–Crippen LogP) is 2.36. The first-order valence-corrected chi connectivity index (χ1v) is 6.82. The average Bonchev–Trinajstić information content (AvgIpc) is 2.92. The lowest BCUT2D eigenvalue weighted by atomic mass is 10.1. The summed E-state index contributed by atoms with van der Waals surface area (Å²) >= 11 is 0. The number of nitro benzene ring substituents is 1. The summed E-state index contributed by atoms with van der Waals surface area (Å²) < 4.78 is 0. The maximum absolute atomic E-state index is 10.9. The van der Waals surface area contributed by atoms with Gasteiger partial charge in [0.1, 0.15) is 11.6 Å². The van der Waals surface area contributed by atoms with Gasteiger partial charge in [-0.25, -0.2) is 0 Å². The molecule has 1 atom stereocenters. The molecule has 1 saturated heterocycles. The van der Waals surface area contributed by atoms with Crippen molar-refractivity contribution in [2.45, 2.75) is 25.8 Å². The fourth-order valence-electron chi connectivity index (χ4n) is 2.67. The predicted molar refractivity (Wildman–Crippen MR) is 76.6 cm³/mol. The highest BCUT2D eigenvalue weighted by Gasteiger charge is 2.22. The van der Waals surface area contributed by atoms with E-state index < -0.39 is 4.92 Å². The molecule has 1 aromatic rings. The minimum absolute atomic E-state index is 0.0941. The number of nitrogens with one attached hydrogen (secondary N) is 1. The molecule has 1 fully saturated rings. The summed E-state index contributed by atoms with van der Waals surface area (Å²) in [6.45, 7) is 5.07. The van der Waals surface area contributed by atoms with Crippen molar-refractivity contribution in [1.82, 2.24) is 4.90 Å². The highest BCUT2D eigenvalue weighted by molar-refractivity contribution is 5.59. The van der Waals surface area contributed by atoms with Crippen LogP contribution in [0.5, 0.6) is 0 Å². The van der Waals surface area contributed by atoms with Gasteiger partial charge in [0.15, 0.2) is 0 Å². The molecule has 1 aromatic carbocycles. The van der Waals surface area contributed by atoms with Gasteiger partial charge in [-0.1, -0.05) is 6.92 Å². The summed E-state index contributed by atoms with van der Waals surface area (Å²) in [5.74, 6) is 0. The number of nitriles is 1. The Hall–Kier alpha value is -2.13. The van der Waals surface area contributed by atoms with E-state index in [-0.39, 0.29) is 11.3 Å². The van der Waals surface area contributed by atoms with Crippen LogP contribution in [-0.4, -0.2) is 35.5 Å². The normalized spacial score (nSPS) is 18.7. The number of benzene rings is 1. The molecule has 0 radical (unpaired) electrons. The molecule has 0 saturated carbocycles. The third-order valence-corrected chi connectivity index (χ3v) is 3.76. The van der Waals surface area contributed by atoms with Crippen LogP contribution in [0.15, 0.2) is 18.2 Å². The number of hydrogen-bond donors (Lipinski definition) is 1. The van der Waals surface area contributed by atoms with Crippen molar-refractivity contribution >= 4 is 11.4 Å². The second kappa shape index (κ2) is 6.35. The lowest BCUT2D eigenvalue weighted by Gasteiger charge is -2.23. The van der Waals surface area contributed by atoms with Crippen LogP contribution in [0.1, 0.15) is 25.3 Å². The van der Waals surface area contributed by atoms with Gasteiger partial charge in [-0.3, -0.25) is 15.0 Å². The second-order valence-corrected chi connectivity index (χ2v) is 4.91. The number of rotatable bonds is 5. The molecule has 0 aliphatic carbocycles. The van der Waals surface area contributed by atoms with Crippen molar-refractivity contribution in [1.29, 1.82) is 5.26 Å². The first kappa shape index (κ1) is 14.3. The highest BCUT2D eigenvalue weighted by atomic mass is 16.6. The summed E-state index contributed by atoms with van der Waals surface area (Å²) in [5.41, 5.74) is 0.645. The molecular formula is C14H18N4O2. The Morgan fingerprint density at radius 2 is 2.40 bits per heavy atom. The zero-order valence-corrected chi connectivity index (χ0v) is 11.5. The van der Waals surface area contributed by atoms with E-state index in [9.17, 15) is 10.1 Å². The van der Waals surface area contributed by atoms with Crippen LogP contribution in [0.4, 0.5) is 11.4 Å². The largest absolute Gasteiger partial charge is 0.383 e. The van der Waals surface area contributed by atoms with E-state index >= 15 is 0 Å². The number of likely N-dealkylation sites (N-methyl/N-ethyl adjacent to an activating group) is 1. The Bertz CT molecular complexity index is 538. The molecule has 106 valence electrons. The van der Waals surface area contributed by atoms with E-state index in [1.807, 2.05) is 6.07 Å². The molecule has 6 nitrogen and oxygen atoms in total. The number of anilines is 1. The van der Waals surface area contributed by atoms with Gasteiger partial charge < -0.3 is 5.32 Å². The standard InChI is InChI=1S/C14H18N4O2/c1-2-17-7-3-4-13(17)10-16-12-6-5-11(9-15)14(8-12)18(19)20/h5-6,8,13,16H,2-4,7,10H2,1H3. The SMILES string of the molecule is CCN1CCCC1CNc1ccc(C#N)c([N+](=O)[O-])c1. The zero-order valence-electron chi connectivity index (χ0n) is 11.5. The molecule has 2 rings (SSSR count). The molecule has 1 N–H and O–H groups in total. The van der Waals surface area contributed by atoms with Crippen molar-refractivity contribution in [3.8, 4) is 6.07 Å². The third-order valence-electron chi connectivity index (χ3n) is 3.76. The van der Waals surface area contributed by atoms with Crippen LogP contribution in [0.25, 0.3) is 0 Å². The van der Waals surface area contributed by atoms with Crippen molar-refractivity contribution in [3.05, 3.63) is 33.9 Å². The fraction of sp³-hybridized carbons (Fsp3) is 0.500. The van der Waals surface area contributed by atoms with Crippen molar-refractivity contribution in [2.24, 2.45) is 0 Å². The topological polar surface area (TPSA) is 82.2 Å². The Morgan fingerprint density at radius 1 is 1.60 bits per heavy atom. The average molecular weight is 274 g/mol. The minimum Gasteiger partial charge on any atom is -0.383 e. The maximum Gasteiger partial charge on any atom is 0.289 e. The number of hydrogen-bond acceptors (Lipinski definition) is 5. The Labute approximate surface area is 118 Å². The summed E-state index contributed by atoms with van der Waals surface area (Å²) in [7, 11) is 0. The van der Waals surface area contributed by atoms with E-state index in [4.69, 9.17) is 5.26 Å². The van der Waals surface area contributed by atoms with Crippen LogP contribution in [0, 0.1) is 21.4 Å². The third kappa shape index (κ3) is 3.06. The van der Waals surface area contributed by atoms with Crippen molar-refractivity contribution < 1.29 is 4.92 Å². The first-order chi connectivity index (χ1) is 9.65. The van der Waals surface area contributed by atoms with Gasteiger partial charge in [0.05, 0.1) is 4.92 Å². The van der Waals surface area contributed by atoms with Crippen LogP contribution >= 0.6 is 0 Å². The molecule has 0 aromatic heterocycles. The molecular weight excluding hydrogens is 256 g/mol. The summed E-state index contributed by atoms with van der Waals surface area (Å²) in [5, 5.41) is 23.0. The minimum atomic E-state index is -0.516. The number of nitro groups is 1. The second-order valence-electron chi connectivity index (χ2n) is 4.91. The zero-order chi connectivity index (χ0) is 14.5. The molecule has 0 amide bonds. The quantitative estimate of drug-likeness (QED) is 0.658. The van der Waals surface area contributed by atoms with Crippen LogP contribution in [0.2, 0.25) is 0 Å². The molecule has 20 heavy (non-hydrogen) atoms. The summed E-state index contributed by atoms with van der Waals surface area (Å²) in [4.78, 5) is 12.8. The monoisotopic (exact) mass is 274 g/mol. The Morgan fingerprint density at radius 3 is 3.05 bits per heavy atom. The fourth-order valence-corrected chi connectivity index (χ4v) is 2.67. The van der Waals surface area contributed by atoms with E-state index in [0.717, 1.165) is 26.1 Å². The molecule has 1 heterocycles. The van der Waals surface area contributed by atoms with Crippen LogP contribution < -0.4 is 5.32 Å². The maximum atomic E-state index is 10.9. The molecule has 0 spiro atoms. The van der Waals surface area contributed by atoms with Crippen LogP contribution in [0.3, 0.4) is 0 Å². The molecule has 0 bridgehead atoms. The van der Waals surface area contributed by atoms with Crippen molar-refractivity contribution in [3.63, 3.8) is 0 Å². The van der Waals surface area contributed by atoms with Crippen LogP contribution in [-0.2, 0) is 0 Å². The summed E-state index contributed by atoms with van der Waals surface area (Å²) in [6, 6.07) is 6.97. The van der Waals surface area contributed by atoms with E-state index in [1.54, 1.807) is 6.07 Å². The molecule has 1 aliphatic heterocycles.